The molecule has 0 aliphatic heterocycles. The summed E-state index contributed by atoms with van der Waals surface area (Å²) in [6, 6.07) is -1.88. The molecule has 2 rings (SSSR count). The number of hydrogen-bond acceptors (Lipinski definition) is 7. The second-order valence-corrected chi connectivity index (χ2v) is 5.79. The minimum atomic E-state index is -0.938. The normalized spacial score (nSPS) is 32.0. The minimum absolute atomic E-state index is 0.154. The van der Waals surface area contributed by atoms with E-state index in [1.165, 1.54) is 0 Å². The molecule has 0 radical (unpaired) electrons. The Kier molecular flexibility index (Phi) is 5.45. The van der Waals surface area contributed by atoms with Crippen LogP contribution in [0, 0.1) is 25.1 Å². The van der Waals surface area contributed by atoms with Gasteiger partial charge in [0.15, 0.2) is 0 Å². The highest BCUT2D eigenvalue weighted by molar-refractivity contribution is 4.75. The molecule has 2 fully saturated rings. The summed E-state index contributed by atoms with van der Waals surface area (Å²) in [5.74, 6) is 0. The molecule has 2 aliphatic rings. The molecule has 124 valence electrons. The van der Waals surface area contributed by atoms with Crippen molar-refractivity contribution in [3.8, 4) is 0 Å². The van der Waals surface area contributed by atoms with Crippen molar-refractivity contribution in [2.75, 3.05) is 0 Å². The Labute approximate surface area is 126 Å². The number of hydrogen-bond donors (Lipinski definition) is 0. The highest BCUT2D eigenvalue weighted by atomic mass is 17.0. The number of nitro groups is 2. The van der Waals surface area contributed by atoms with E-state index in [4.69, 9.17) is 9.68 Å². The van der Waals surface area contributed by atoms with Crippen LogP contribution in [0.4, 0.5) is 0 Å². The molecule has 10 nitrogen and oxygen atoms in total. The van der Waals surface area contributed by atoms with E-state index in [-0.39, 0.29) is 5.09 Å². The maximum Gasteiger partial charge on any atom is 0.478 e. The van der Waals surface area contributed by atoms with Crippen LogP contribution in [0.3, 0.4) is 0 Å². The van der Waals surface area contributed by atoms with E-state index < -0.39 is 34.1 Å². The zero-order valence-corrected chi connectivity index (χ0v) is 12.2. The second kappa shape index (κ2) is 7.32. The van der Waals surface area contributed by atoms with Crippen molar-refractivity contribution in [2.45, 2.75) is 75.7 Å². The summed E-state index contributed by atoms with van der Waals surface area (Å²) in [6.45, 7) is 0. The molecule has 0 amide bonds. The first-order chi connectivity index (χ1) is 10.5. The first-order valence-corrected chi connectivity index (χ1v) is 7.57. The average molecular weight is 318 g/mol. The van der Waals surface area contributed by atoms with Gasteiger partial charge in [0.1, 0.15) is 4.91 Å². The van der Waals surface area contributed by atoms with E-state index in [2.05, 4.69) is 0 Å². The fourth-order valence-electron chi connectivity index (χ4n) is 3.13. The molecular weight excluding hydrogens is 298 g/mol. The molecule has 0 N–H and O–H groups in total. The smallest absolute Gasteiger partial charge is 0.264 e. The quantitative estimate of drug-likeness (QED) is 0.540. The van der Waals surface area contributed by atoms with Crippen molar-refractivity contribution in [3.63, 3.8) is 0 Å². The third kappa shape index (κ3) is 4.01. The molecule has 0 bridgehead atoms. The predicted molar refractivity (Wildman–Crippen MR) is 71.9 cm³/mol. The van der Waals surface area contributed by atoms with Crippen LogP contribution in [0.25, 0.3) is 0 Å². The monoisotopic (exact) mass is 318 g/mol. The van der Waals surface area contributed by atoms with Crippen LogP contribution in [-0.2, 0) is 9.68 Å². The molecule has 0 heterocycles. The summed E-state index contributed by atoms with van der Waals surface area (Å²) in [5, 5.41) is 21.8. The molecule has 2 aliphatic carbocycles. The third-order valence-corrected chi connectivity index (χ3v) is 4.32. The lowest BCUT2D eigenvalue weighted by Gasteiger charge is -2.22. The van der Waals surface area contributed by atoms with Gasteiger partial charge in [0.2, 0.25) is 12.2 Å². The van der Waals surface area contributed by atoms with E-state index in [1.54, 1.807) is 0 Å². The maximum atomic E-state index is 11.7. The van der Waals surface area contributed by atoms with Crippen molar-refractivity contribution >= 4 is 0 Å². The van der Waals surface area contributed by atoms with Gasteiger partial charge < -0.3 is 0 Å². The molecule has 22 heavy (non-hydrogen) atoms. The van der Waals surface area contributed by atoms with E-state index in [0.717, 1.165) is 25.7 Å². The summed E-state index contributed by atoms with van der Waals surface area (Å²) in [6.07, 6.45) is 2.73. The summed E-state index contributed by atoms with van der Waals surface area (Å²) in [7, 11) is 0. The molecule has 0 aromatic carbocycles. The van der Waals surface area contributed by atoms with Crippen LogP contribution < -0.4 is 0 Å². The predicted octanol–water partition coefficient (Wildman–Crippen LogP) is 1.80. The molecule has 0 spiro atoms. The van der Waals surface area contributed by atoms with Gasteiger partial charge >= 0.3 is 5.09 Å². The highest BCUT2D eigenvalue weighted by Crippen LogP contribution is 2.26. The van der Waals surface area contributed by atoms with Gasteiger partial charge in [0.25, 0.3) is 12.1 Å². The Morgan fingerprint density at radius 1 is 0.682 bits per heavy atom. The van der Waals surface area contributed by atoms with Crippen molar-refractivity contribution in [2.24, 2.45) is 0 Å². The molecule has 0 saturated heterocycles. The topological polar surface area (TPSA) is 125 Å². The van der Waals surface area contributed by atoms with Gasteiger partial charge in [-0.25, -0.2) is 0 Å². The summed E-state index contributed by atoms with van der Waals surface area (Å²) >= 11 is 0. The lowest BCUT2D eigenvalue weighted by Crippen LogP contribution is -2.43. The SMILES string of the molecule is O=[N+](OC1CCCCC1[N+](=O)[O-])OC1CCCCC1[N+](=O)[O-]. The molecule has 4 unspecified atom stereocenters. The average Bonchev–Trinajstić information content (AvgIpc) is 2.47. The zero-order valence-electron chi connectivity index (χ0n) is 12.2. The number of rotatable bonds is 6. The molecule has 0 aromatic rings. The lowest BCUT2D eigenvalue weighted by atomic mass is 9.93. The van der Waals surface area contributed by atoms with Gasteiger partial charge in [-0.05, 0) is 38.5 Å². The fraction of sp³-hybridized carbons (Fsp3) is 1.00. The summed E-state index contributed by atoms with van der Waals surface area (Å²) < 4.78 is 0. The molecule has 2 saturated carbocycles. The highest BCUT2D eigenvalue weighted by Gasteiger charge is 2.45. The van der Waals surface area contributed by atoms with Crippen LogP contribution in [0.5, 0.6) is 0 Å². The second-order valence-electron chi connectivity index (χ2n) is 5.79. The van der Waals surface area contributed by atoms with E-state index in [9.17, 15) is 25.1 Å². The van der Waals surface area contributed by atoms with Gasteiger partial charge in [-0.1, -0.05) is 0 Å². The Morgan fingerprint density at radius 2 is 1.05 bits per heavy atom. The molecular formula is C12H20N3O7+. The van der Waals surface area contributed by atoms with Crippen molar-refractivity contribution in [3.05, 3.63) is 25.1 Å². The minimum Gasteiger partial charge on any atom is -0.264 e. The Morgan fingerprint density at radius 3 is 1.41 bits per heavy atom. The first kappa shape index (κ1) is 16.4. The zero-order chi connectivity index (χ0) is 16.1. The van der Waals surface area contributed by atoms with Crippen molar-refractivity contribution in [1.82, 2.24) is 0 Å². The van der Waals surface area contributed by atoms with Crippen LogP contribution in [0.15, 0.2) is 0 Å². The van der Waals surface area contributed by atoms with Crippen LogP contribution in [0.1, 0.15) is 51.4 Å². The summed E-state index contributed by atoms with van der Waals surface area (Å²) in [4.78, 5) is 42.7. The van der Waals surface area contributed by atoms with Gasteiger partial charge in [-0.15, -0.1) is 0 Å². The van der Waals surface area contributed by atoms with Gasteiger partial charge in [0, 0.05) is 22.7 Å². The summed E-state index contributed by atoms with van der Waals surface area (Å²) in [5.41, 5.74) is 0. The molecule has 4 atom stereocenters. The molecule has 10 heteroatoms. The maximum absolute atomic E-state index is 11.7. The number of nitrogens with zero attached hydrogens (tertiary/aromatic N) is 3. The van der Waals surface area contributed by atoms with E-state index in [1.807, 2.05) is 0 Å². The third-order valence-electron chi connectivity index (χ3n) is 4.32. The Balaban J connectivity index is 1.90. The molecule has 0 aromatic heterocycles. The largest absolute Gasteiger partial charge is 0.478 e. The standard InChI is InChI=1S/C12H20N3O7/c16-13(17)9-5-1-3-7-11(9)21-15(20)22-12-8-4-2-6-10(12)14(18)19/h9-12H,1-8H2/q+1. The van der Waals surface area contributed by atoms with Gasteiger partial charge in [-0.3, -0.25) is 20.2 Å². The van der Waals surface area contributed by atoms with E-state index in [0.29, 0.717) is 25.7 Å². The van der Waals surface area contributed by atoms with Crippen LogP contribution >= 0.6 is 0 Å². The van der Waals surface area contributed by atoms with Crippen molar-refractivity contribution in [1.29, 1.82) is 0 Å². The Bertz CT molecular complexity index is 406. The fourth-order valence-corrected chi connectivity index (χ4v) is 3.13. The lowest BCUT2D eigenvalue weighted by molar-refractivity contribution is -0.998. The van der Waals surface area contributed by atoms with Crippen LogP contribution in [0.2, 0.25) is 0 Å². The van der Waals surface area contributed by atoms with E-state index >= 15 is 0 Å². The Hall–Kier alpha value is -2.00. The van der Waals surface area contributed by atoms with Gasteiger partial charge in [0.05, 0.1) is 0 Å². The first-order valence-electron chi connectivity index (χ1n) is 7.57. The van der Waals surface area contributed by atoms with Crippen LogP contribution in [-0.4, -0.2) is 39.2 Å². The van der Waals surface area contributed by atoms with Gasteiger partial charge in [-0.2, -0.15) is 9.68 Å². The van der Waals surface area contributed by atoms with Crippen molar-refractivity contribution < 1.29 is 24.6 Å².